The minimum absolute atomic E-state index is 0.158. The fourth-order valence-corrected chi connectivity index (χ4v) is 2.16. The molecule has 0 aliphatic heterocycles. The van der Waals surface area contributed by atoms with Gasteiger partial charge in [0.25, 0.3) is 0 Å². The summed E-state index contributed by atoms with van der Waals surface area (Å²) in [5.41, 5.74) is 1.69. The van der Waals surface area contributed by atoms with Gasteiger partial charge in [0.15, 0.2) is 0 Å². The van der Waals surface area contributed by atoms with Crippen molar-refractivity contribution in [2.45, 2.75) is 12.5 Å². The van der Waals surface area contributed by atoms with E-state index in [1.54, 1.807) is 18.2 Å². The first-order chi connectivity index (χ1) is 11.6. The largest absolute Gasteiger partial charge is 0.508 e. The van der Waals surface area contributed by atoms with Crippen LogP contribution in [0.3, 0.4) is 0 Å². The maximum absolute atomic E-state index is 12.0. The van der Waals surface area contributed by atoms with Crippen LogP contribution in [0.2, 0.25) is 0 Å². The second-order valence-electron chi connectivity index (χ2n) is 5.20. The summed E-state index contributed by atoms with van der Waals surface area (Å²) in [7, 11) is 1.29. The predicted molar refractivity (Wildman–Crippen MR) is 91.2 cm³/mol. The van der Waals surface area contributed by atoms with Crippen molar-refractivity contribution in [1.29, 1.82) is 0 Å². The number of phenolic OH excluding ortho intramolecular Hbond substituents is 1. The van der Waals surface area contributed by atoms with Gasteiger partial charge in [0.05, 0.1) is 7.11 Å². The summed E-state index contributed by atoms with van der Waals surface area (Å²) in [5.74, 6) is -0.732. The van der Waals surface area contributed by atoms with Crippen LogP contribution in [0.15, 0.2) is 60.7 Å². The Morgan fingerprint density at radius 2 is 1.79 bits per heavy atom. The fraction of sp³-hybridized carbons (Fsp3) is 0.158. The monoisotopic (exact) mass is 325 g/mol. The minimum atomic E-state index is -0.755. The number of nitrogens with one attached hydrogen (secondary N) is 1. The molecule has 5 heteroatoms. The first-order valence-corrected chi connectivity index (χ1v) is 7.48. The molecule has 1 amide bonds. The Bertz CT molecular complexity index is 708. The van der Waals surface area contributed by atoms with Gasteiger partial charge in [-0.3, -0.25) is 4.79 Å². The smallest absolute Gasteiger partial charge is 0.328 e. The van der Waals surface area contributed by atoms with Crippen LogP contribution in [-0.4, -0.2) is 30.1 Å². The van der Waals surface area contributed by atoms with Gasteiger partial charge in [0.1, 0.15) is 11.8 Å². The number of ether oxygens (including phenoxy) is 1. The molecule has 0 fully saturated rings. The summed E-state index contributed by atoms with van der Waals surface area (Å²) >= 11 is 0. The maximum Gasteiger partial charge on any atom is 0.328 e. The number of carbonyl (C=O) groups is 2. The molecule has 0 aromatic heterocycles. The molecule has 0 spiro atoms. The Hall–Kier alpha value is -3.08. The number of hydrogen-bond donors (Lipinski definition) is 2. The van der Waals surface area contributed by atoms with Gasteiger partial charge in [-0.1, -0.05) is 42.5 Å². The van der Waals surface area contributed by atoms with E-state index in [2.05, 4.69) is 5.32 Å². The zero-order valence-corrected chi connectivity index (χ0v) is 13.3. The van der Waals surface area contributed by atoms with Crippen LogP contribution in [-0.2, 0) is 20.7 Å². The first-order valence-electron chi connectivity index (χ1n) is 7.48. The van der Waals surface area contributed by atoms with Crippen molar-refractivity contribution in [3.8, 4) is 5.75 Å². The summed E-state index contributed by atoms with van der Waals surface area (Å²) in [4.78, 5) is 23.9. The summed E-state index contributed by atoms with van der Waals surface area (Å²) in [6.45, 7) is 0. The van der Waals surface area contributed by atoms with Crippen molar-refractivity contribution >= 4 is 18.0 Å². The Morgan fingerprint density at radius 1 is 1.12 bits per heavy atom. The normalized spacial score (nSPS) is 11.9. The van der Waals surface area contributed by atoms with Crippen molar-refractivity contribution in [1.82, 2.24) is 5.32 Å². The zero-order chi connectivity index (χ0) is 17.4. The molecule has 0 aliphatic rings. The molecule has 0 aliphatic carbocycles. The van der Waals surface area contributed by atoms with Crippen LogP contribution in [0.25, 0.3) is 6.08 Å². The molecular weight excluding hydrogens is 306 g/mol. The third kappa shape index (κ3) is 5.28. The lowest BCUT2D eigenvalue weighted by molar-refractivity contribution is -0.144. The zero-order valence-electron chi connectivity index (χ0n) is 13.3. The quantitative estimate of drug-likeness (QED) is 0.631. The molecule has 1 atom stereocenters. The molecule has 2 aromatic rings. The molecule has 124 valence electrons. The van der Waals surface area contributed by atoms with Crippen LogP contribution in [0.5, 0.6) is 5.75 Å². The average molecular weight is 325 g/mol. The Kier molecular flexibility index (Phi) is 6.14. The van der Waals surface area contributed by atoms with Gasteiger partial charge in [-0.05, 0) is 29.3 Å². The minimum Gasteiger partial charge on any atom is -0.508 e. The van der Waals surface area contributed by atoms with Gasteiger partial charge in [-0.2, -0.15) is 0 Å². The summed E-state index contributed by atoms with van der Waals surface area (Å²) in [5, 5.41) is 11.9. The molecule has 2 N–H and O–H groups in total. The van der Waals surface area contributed by atoms with E-state index in [4.69, 9.17) is 4.74 Å². The van der Waals surface area contributed by atoms with E-state index in [1.165, 1.54) is 25.3 Å². The van der Waals surface area contributed by atoms with E-state index in [0.717, 1.165) is 11.1 Å². The van der Waals surface area contributed by atoms with Gasteiger partial charge in [-0.25, -0.2) is 4.79 Å². The predicted octanol–water partition coefficient (Wildman–Crippen LogP) is 2.31. The first kappa shape index (κ1) is 17.3. The molecule has 0 heterocycles. The number of carbonyl (C=O) groups excluding carboxylic acids is 2. The van der Waals surface area contributed by atoms with E-state index in [1.807, 2.05) is 30.3 Å². The van der Waals surface area contributed by atoms with E-state index in [-0.39, 0.29) is 5.75 Å². The molecule has 0 saturated carbocycles. The molecule has 0 saturated heterocycles. The van der Waals surface area contributed by atoms with E-state index in [9.17, 15) is 14.7 Å². The molecule has 24 heavy (non-hydrogen) atoms. The highest BCUT2D eigenvalue weighted by Crippen LogP contribution is 2.10. The van der Waals surface area contributed by atoms with Gasteiger partial charge >= 0.3 is 5.97 Å². The number of hydrogen-bond acceptors (Lipinski definition) is 4. The third-order valence-corrected chi connectivity index (χ3v) is 3.41. The Labute approximate surface area is 140 Å². The van der Waals surface area contributed by atoms with Crippen LogP contribution in [0, 0.1) is 0 Å². The van der Waals surface area contributed by atoms with Crippen molar-refractivity contribution in [3.05, 3.63) is 71.8 Å². The average Bonchev–Trinajstić information content (AvgIpc) is 2.61. The number of methoxy groups -OCH3 is 1. The van der Waals surface area contributed by atoms with E-state index < -0.39 is 17.9 Å². The highest BCUT2D eigenvalue weighted by Gasteiger charge is 2.20. The molecule has 0 radical (unpaired) electrons. The number of rotatable bonds is 6. The van der Waals surface area contributed by atoms with Crippen LogP contribution >= 0.6 is 0 Å². The number of esters is 1. The maximum atomic E-state index is 12.0. The Morgan fingerprint density at radius 3 is 2.42 bits per heavy atom. The van der Waals surface area contributed by atoms with Gasteiger partial charge in [-0.15, -0.1) is 0 Å². The summed E-state index contributed by atoms with van der Waals surface area (Å²) < 4.78 is 4.76. The van der Waals surface area contributed by atoms with Gasteiger partial charge < -0.3 is 15.2 Å². The highest BCUT2D eigenvalue weighted by atomic mass is 16.5. The van der Waals surface area contributed by atoms with Crippen molar-refractivity contribution in [3.63, 3.8) is 0 Å². The molecule has 0 bridgehead atoms. The van der Waals surface area contributed by atoms with Gasteiger partial charge in [0, 0.05) is 12.5 Å². The lowest BCUT2D eigenvalue weighted by atomic mass is 10.1. The van der Waals surface area contributed by atoms with E-state index in [0.29, 0.717) is 6.42 Å². The molecule has 5 nitrogen and oxygen atoms in total. The summed E-state index contributed by atoms with van der Waals surface area (Å²) in [6.07, 6.45) is 3.30. The number of benzene rings is 2. The van der Waals surface area contributed by atoms with Crippen molar-refractivity contribution in [2.24, 2.45) is 0 Å². The van der Waals surface area contributed by atoms with Crippen LogP contribution in [0.4, 0.5) is 0 Å². The second-order valence-corrected chi connectivity index (χ2v) is 5.20. The van der Waals surface area contributed by atoms with Gasteiger partial charge in [0.2, 0.25) is 5.91 Å². The standard InChI is InChI=1S/C19H19NO4/c1-24-19(23)17(13-15-5-3-2-4-6-15)20-18(22)12-9-14-7-10-16(21)11-8-14/h2-12,17,21H,13H2,1H3,(H,20,22). The van der Waals surface area contributed by atoms with Crippen LogP contribution in [0.1, 0.15) is 11.1 Å². The van der Waals surface area contributed by atoms with Crippen molar-refractivity contribution in [2.75, 3.05) is 7.11 Å². The summed E-state index contributed by atoms with van der Waals surface area (Å²) in [6, 6.07) is 15.1. The SMILES string of the molecule is COC(=O)C(Cc1ccccc1)NC(=O)C=Cc1ccc(O)cc1. The van der Waals surface area contributed by atoms with E-state index >= 15 is 0 Å². The number of amides is 1. The molecular formula is C19H19NO4. The lowest BCUT2D eigenvalue weighted by Crippen LogP contribution is -2.42. The molecule has 2 rings (SSSR count). The van der Waals surface area contributed by atoms with Crippen molar-refractivity contribution < 1.29 is 19.4 Å². The number of aromatic hydroxyl groups is 1. The van der Waals surface area contributed by atoms with Crippen LogP contribution < -0.4 is 5.32 Å². The highest BCUT2D eigenvalue weighted by molar-refractivity contribution is 5.94. The number of phenols is 1. The topological polar surface area (TPSA) is 75.6 Å². The Balaban J connectivity index is 2.01. The third-order valence-electron chi connectivity index (χ3n) is 3.41. The second kappa shape index (κ2) is 8.53. The molecule has 2 aromatic carbocycles. The molecule has 1 unspecified atom stereocenters. The fourth-order valence-electron chi connectivity index (χ4n) is 2.16. The lowest BCUT2D eigenvalue weighted by Gasteiger charge is -2.15.